The molecule has 0 spiro atoms. The van der Waals surface area contributed by atoms with Crippen molar-refractivity contribution in [2.45, 2.75) is 39.7 Å². The molecular formula is C14H21Br2NO. The van der Waals surface area contributed by atoms with E-state index >= 15 is 0 Å². The zero-order chi connectivity index (χ0) is 13.4. The van der Waals surface area contributed by atoms with Crippen molar-refractivity contribution in [1.29, 1.82) is 0 Å². The molecule has 0 heterocycles. The van der Waals surface area contributed by atoms with Crippen molar-refractivity contribution in [1.82, 2.24) is 5.32 Å². The van der Waals surface area contributed by atoms with E-state index in [-0.39, 0.29) is 0 Å². The first kappa shape index (κ1) is 16.0. The number of nitrogens with one attached hydrogen (secondary N) is 1. The third-order valence-electron chi connectivity index (χ3n) is 2.56. The average molecular weight is 379 g/mol. The van der Waals surface area contributed by atoms with Crippen LogP contribution in [-0.2, 0) is 6.54 Å². The maximum Gasteiger partial charge on any atom is 0.147 e. The van der Waals surface area contributed by atoms with Crippen molar-refractivity contribution in [3.63, 3.8) is 0 Å². The van der Waals surface area contributed by atoms with Gasteiger partial charge in [-0.1, -0.05) is 20.3 Å². The molecule has 1 N–H and O–H groups in total. The molecule has 0 saturated carbocycles. The van der Waals surface area contributed by atoms with Crippen LogP contribution >= 0.6 is 31.9 Å². The Morgan fingerprint density at radius 3 is 2.33 bits per heavy atom. The summed E-state index contributed by atoms with van der Waals surface area (Å²) in [4.78, 5) is 0. The first-order valence-electron chi connectivity index (χ1n) is 6.50. The lowest BCUT2D eigenvalue weighted by Gasteiger charge is -2.12. The predicted molar refractivity (Wildman–Crippen MR) is 84.2 cm³/mol. The van der Waals surface area contributed by atoms with Crippen molar-refractivity contribution in [2.75, 3.05) is 13.2 Å². The van der Waals surface area contributed by atoms with E-state index in [0.717, 1.165) is 53.7 Å². The van der Waals surface area contributed by atoms with Crippen LogP contribution in [-0.4, -0.2) is 13.2 Å². The van der Waals surface area contributed by atoms with Gasteiger partial charge in [0, 0.05) is 6.54 Å². The molecule has 0 aliphatic carbocycles. The molecule has 102 valence electrons. The summed E-state index contributed by atoms with van der Waals surface area (Å²) < 4.78 is 7.80. The average Bonchev–Trinajstić information content (AvgIpc) is 2.33. The molecule has 18 heavy (non-hydrogen) atoms. The lowest BCUT2D eigenvalue weighted by atomic mass is 10.2. The fourth-order valence-corrected chi connectivity index (χ4v) is 3.09. The molecular weight excluding hydrogens is 358 g/mol. The zero-order valence-corrected chi connectivity index (χ0v) is 14.2. The van der Waals surface area contributed by atoms with Crippen LogP contribution in [0, 0.1) is 0 Å². The summed E-state index contributed by atoms with van der Waals surface area (Å²) in [6.45, 7) is 7.03. The highest BCUT2D eigenvalue weighted by atomic mass is 79.9. The molecule has 2 nitrogen and oxygen atoms in total. The number of unbranched alkanes of at least 4 members (excludes halogenated alkanes) is 1. The normalized spacial score (nSPS) is 10.7. The van der Waals surface area contributed by atoms with E-state index in [0.29, 0.717) is 0 Å². The van der Waals surface area contributed by atoms with Crippen LogP contribution in [0.5, 0.6) is 5.75 Å². The summed E-state index contributed by atoms with van der Waals surface area (Å²) in [7, 11) is 0. The molecule has 1 aromatic carbocycles. The highest BCUT2D eigenvalue weighted by Gasteiger charge is 2.08. The van der Waals surface area contributed by atoms with Crippen LogP contribution in [0.2, 0.25) is 0 Å². The zero-order valence-electron chi connectivity index (χ0n) is 11.1. The molecule has 0 fully saturated rings. The Morgan fingerprint density at radius 1 is 1.11 bits per heavy atom. The van der Waals surface area contributed by atoms with E-state index in [1.165, 1.54) is 5.56 Å². The monoisotopic (exact) mass is 377 g/mol. The standard InChI is InChI=1S/C14H21Br2NO/c1-3-5-7-18-14-12(15)8-11(9-13(14)16)10-17-6-4-2/h8-9,17H,3-7,10H2,1-2H3. The summed E-state index contributed by atoms with van der Waals surface area (Å²) in [6, 6.07) is 4.24. The summed E-state index contributed by atoms with van der Waals surface area (Å²) in [5.41, 5.74) is 1.25. The molecule has 0 aliphatic rings. The van der Waals surface area contributed by atoms with Crippen LogP contribution in [0.15, 0.2) is 21.1 Å². The quantitative estimate of drug-likeness (QED) is 0.650. The van der Waals surface area contributed by atoms with Gasteiger partial charge in [0.15, 0.2) is 0 Å². The van der Waals surface area contributed by atoms with E-state index in [1.807, 2.05) is 0 Å². The SMILES string of the molecule is CCCCOc1c(Br)cc(CNCCC)cc1Br. The third kappa shape index (κ3) is 5.29. The molecule has 4 heteroatoms. The fraction of sp³-hybridized carbons (Fsp3) is 0.571. The van der Waals surface area contributed by atoms with E-state index in [1.54, 1.807) is 0 Å². The summed E-state index contributed by atoms with van der Waals surface area (Å²) >= 11 is 7.15. The number of benzene rings is 1. The van der Waals surface area contributed by atoms with Crippen molar-refractivity contribution < 1.29 is 4.74 Å². The Bertz CT molecular complexity index is 346. The van der Waals surface area contributed by atoms with Crippen LogP contribution < -0.4 is 10.1 Å². The third-order valence-corrected chi connectivity index (χ3v) is 3.74. The Balaban J connectivity index is 2.65. The molecule has 0 aliphatic heterocycles. The lowest BCUT2D eigenvalue weighted by Crippen LogP contribution is -2.13. The number of rotatable bonds is 8. The van der Waals surface area contributed by atoms with E-state index in [4.69, 9.17) is 4.74 Å². The molecule has 1 rings (SSSR count). The van der Waals surface area contributed by atoms with E-state index < -0.39 is 0 Å². The molecule has 0 amide bonds. The minimum atomic E-state index is 0.765. The van der Waals surface area contributed by atoms with Crippen LogP contribution in [0.3, 0.4) is 0 Å². The van der Waals surface area contributed by atoms with E-state index in [2.05, 4.69) is 63.2 Å². The van der Waals surface area contributed by atoms with Gasteiger partial charge in [-0.25, -0.2) is 0 Å². The van der Waals surface area contributed by atoms with Gasteiger partial charge >= 0.3 is 0 Å². The van der Waals surface area contributed by atoms with Gasteiger partial charge in [-0.3, -0.25) is 0 Å². The molecule has 0 bridgehead atoms. The topological polar surface area (TPSA) is 21.3 Å². The number of ether oxygens (including phenoxy) is 1. The predicted octanol–water partition coefficient (Wildman–Crippen LogP) is 4.89. The summed E-state index contributed by atoms with van der Waals surface area (Å²) in [5, 5.41) is 3.40. The first-order chi connectivity index (χ1) is 8.69. The van der Waals surface area contributed by atoms with Gasteiger partial charge in [0.2, 0.25) is 0 Å². The highest BCUT2D eigenvalue weighted by molar-refractivity contribution is 9.11. The van der Waals surface area contributed by atoms with Gasteiger partial charge < -0.3 is 10.1 Å². The van der Waals surface area contributed by atoms with E-state index in [9.17, 15) is 0 Å². The molecule has 0 saturated heterocycles. The molecule has 0 atom stereocenters. The number of hydrogen-bond donors (Lipinski definition) is 1. The van der Waals surface area contributed by atoms with Crippen LogP contribution in [0.25, 0.3) is 0 Å². The largest absolute Gasteiger partial charge is 0.491 e. The Hall–Kier alpha value is -0.0600. The maximum absolute atomic E-state index is 5.77. The van der Waals surface area contributed by atoms with Crippen LogP contribution in [0.4, 0.5) is 0 Å². The summed E-state index contributed by atoms with van der Waals surface area (Å²) in [5.74, 6) is 0.905. The maximum atomic E-state index is 5.77. The minimum absolute atomic E-state index is 0.765. The molecule has 0 radical (unpaired) electrons. The van der Waals surface area contributed by atoms with Gasteiger partial charge in [-0.05, 0) is 68.9 Å². The summed E-state index contributed by atoms with van der Waals surface area (Å²) in [6.07, 6.45) is 3.38. The van der Waals surface area contributed by atoms with Crippen molar-refractivity contribution in [3.8, 4) is 5.75 Å². The lowest BCUT2D eigenvalue weighted by molar-refractivity contribution is 0.305. The van der Waals surface area contributed by atoms with Crippen LogP contribution in [0.1, 0.15) is 38.7 Å². The first-order valence-corrected chi connectivity index (χ1v) is 8.09. The second-order valence-electron chi connectivity index (χ2n) is 4.27. The highest BCUT2D eigenvalue weighted by Crippen LogP contribution is 2.34. The molecule has 1 aromatic rings. The number of hydrogen-bond acceptors (Lipinski definition) is 2. The van der Waals surface area contributed by atoms with Gasteiger partial charge in [0.05, 0.1) is 15.6 Å². The smallest absolute Gasteiger partial charge is 0.147 e. The van der Waals surface area contributed by atoms with Gasteiger partial charge in [0.25, 0.3) is 0 Å². The van der Waals surface area contributed by atoms with Crippen molar-refractivity contribution in [2.24, 2.45) is 0 Å². The molecule has 0 aromatic heterocycles. The second-order valence-corrected chi connectivity index (χ2v) is 5.98. The molecule has 0 unspecified atom stereocenters. The van der Waals surface area contributed by atoms with Gasteiger partial charge in [-0.2, -0.15) is 0 Å². The van der Waals surface area contributed by atoms with Gasteiger partial charge in [0.1, 0.15) is 5.75 Å². The fourth-order valence-electron chi connectivity index (χ4n) is 1.58. The minimum Gasteiger partial charge on any atom is -0.491 e. The number of halogens is 2. The Morgan fingerprint density at radius 2 is 1.78 bits per heavy atom. The second kappa shape index (κ2) is 8.94. The van der Waals surface area contributed by atoms with Crippen molar-refractivity contribution in [3.05, 3.63) is 26.6 Å². The van der Waals surface area contributed by atoms with Gasteiger partial charge in [-0.15, -0.1) is 0 Å². The Kier molecular flexibility index (Phi) is 7.95. The van der Waals surface area contributed by atoms with Crippen molar-refractivity contribution >= 4 is 31.9 Å². The Labute approximate surface area is 127 Å².